The molecule has 0 unspecified atom stereocenters. The molecule has 0 atom stereocenters. The van der Waals surface area contributed by atoms with E-state index in [1.54, 1.807) is 0 Å². The van der Waals surface area contributed by atoms with Crippen LogP contribution in [0.1, 0.15) is 18.2 Å². The summed E-state index contributed by atoms with van der Waals surface area (Å²) in [6, 6.07) is 63.8. The van der Waals surface area contributed by atoms with Gasteiger partial charge >= 0.3 is 0 Å². The van der Waals surface area contributed by atoms with Crippen LogP contribution in [-0.2, 0) is 0 Å². The number of aromatic nitrogens is 1. The van der Waals surface area contributed by atoms with E-state index in [2.05, 4.69) is 206 Å². The molecule has 0 spiro atoms. The first kappa shape index (κ1) is 33.0. The van der Waals surface area contributed by atoms with Crippen molar-refractivity contribution in [3.8, 4) is 39.1 Å². The second-order valence-electron chi connectivity index (χ2n) is 14.8. The zero-order chi connectivity index (χ0) is 38.0. The van der Waals surface area contributed by atoms with E-state index in [0.29, 0.717) is 0 Å². The minimum Gasteiger partial charge on any atom is -0.456 e. The second kappa shape index (κ2) is 13.1. The van der Waals surface area contributed by atoms with Crippen molar-refractivity contribution in [2.45, 2.75) is 6.92 Å². The molecule has 0 saturated heterocycles. The molecule has 268 valence electrons. The zero-order valence-corrected chi connectivity index (χ0v) is 31.5. The molecule has 0 aliphatic heterocycles. The first-order chi connectivity index (χ1) is 28.2. The van der Waals surface area contributed by atoms with Crippen LogP contribution >= 0.6 is 0 Å². The van der Waals surface area contributed by atoms with Crippen molar-refractivity contribution in [3.05, 3.63) is 200 Å². The van der Waals surface area contributed by atoms with E-state index in [4.69, 9.17) is 4.42 Å². The molecule has 2 nitrogen and oxygen atoms in total. The van der Waals surface area contributed by atoms with Crippen LogP contribution in [0.4, 0.5) is 0 Å². The van der Waals surface area contributed by atoms with Crippen molar-refractivity contribution >= 4 is 77.3 Å². The van der Waals surface area contributed by atoms with Crippen molar-refractivity contribution in [2.24, 2.45) is 0 Å². The highest BCUT2D eigenvalue weighted by atomic mass is 16.3. The fourth-order valence-electron chi connectivity index (χ4n) is 9.10. The summed E-state index contributed by atoms with van der Waals surface area (Å²) in [6.07, 6.45) is 6.26. The summed E-state index contributed by atoms with van der Waals surface area (Å²) >= 11 is 0. The molecular weight excluding hydrogens is 691 g/mol. The molecule has 0 radical (unpaired) electrons. The molecule has 0 aliphatic carbocycles. The van der Waals surface area contributed by atoms with Gasteiger partial charge in [0.05, 0.1) is 11.2 Å². The Morgan fingerprint density at radius 3 is 1.67 bits per heavy atom. The smallest absolute Gasteiger partial charge is 0.136 e. The molecule has 2 aromatic heterocycles. The van der Waals surface area contributed by atoms with Gasteiger partial charge in [-0.3, -0.25) is 0 Å². The van der Waals surface area contributed by atoms with Crippen molar-refractivity contribution in [2.75, 3.05) is 0 Å². The SMILES string of the molecule is C=Cc1c(/C=C\C)n(-c2ccccc2)c2ccc(-c3ccc(-c4c5ccccc5c(-c5ccc6oc7cc8ccccc8cc7c6c5)c5ccccc45)cc3)cc12. The fourth-order valence-corrected chi connectivity index (χ4v) is 9.10. The van der Waals surface area contributed by atoms with Crippen LogP contribution in [0.25, 0.3) is 116 Å². The number of para-hydroxylation sites is 1. The van der Waals surface area contributed by atoms with Crippen molar-refractivity contribution in [1.82, 2.24) is 4.57 Å². The lowest BCUT2D eigenvalue weighted by Crippen LogP contribution is -1.96. The number of benzene rings is 9. The third-order valence-corrected chi connectivity index (χ3v) is 11.7. The normalized spacial score (nSPS) is 11.9. The largest absolute Gasteiger partial charge is 0.456 e. The van der Waals surface area contributed by atoms with Crippen LogP contribution in [0.2, 0.25) is 0 Å². The highest BCUT2D eigenvalue weighted by molar-refractivity contribution is 6.22. The van der Waals surface area contributed by atoms with E-state index in [9.17, 15) is 0 Å². The third kappa shape index (κ3) is 5.18. The summed E-state index contributed by atoms with van der Waals surface area (Å²) in [5.41, 5.74) is 13.6. The molecule has 0 bridgehead atoms. The Bertz CT molecular complexity index is 3360. The van der Waals surface area contributed by atoms with Crippen LogP contribution in [-0.4, -0.2) is 4.57 Å². The lowest BCUT2D eigenvalue weighted by atomic mass is 9.85. The molecule has 0 fully saturated rings. The van der Waals surface area contributed by atoms with Gasteiger partial charge in [-0.1, -0.05) is 146 Å². The molecule has 11 rings (SSSR count). The van der Waals surface area contributed by atoms with Crippen LogP contribution in [0, 0.1) is 0 Å². The van der Waals surface area contributed by atoms with Gasteiger partial charge in [-0.2, -0.15) is 0 Å². The minimum atomic E-state index is 0.904. The van der Waals surface area contributed by atoms with Gasteiger partial charge < -0.3 is 8.98 Å². The van der Waals surface area contributed by atoms with Crippen LogP contribution in [0.3, 0.4) is 0 Å². The Hall–Kier alpha value is -7.42. The predicted octanol–water partition coefficient (Wildman–Crippen LogP) is 15.7. The van der Waals surface area contributed by atoms with Crippen molar-refractivity contribution < 1.29 is 4.42 Å². The van der Waals surface area contributed by atoms with Gasteiger partial charge in [0.15, 0.2) is 0 Å². The molecular formula is C55H37NO. The van der Waals surface area contributed by atoms with Crippen LogP contribution < -0.4 is 0 Å². The highest BCUT2D eigenvalue weighted by Gasteiger charge is 2.19. The quantitative estimate of drug-likeness (QED) is 0.156. The van der Waals surface area contributed by atoms with E-state index in [-0.39, 0.29) is 0 Å². The Morgan fingerprint density at radius 2 is 1.00 bits per heavy atom. The van der Waals surface area contributed by atoms with E-state index in [1.165, 1.54) is 71.1 Å². The lowest BCUT2D eigenvalue weighted by molar-refractivity contribution is 0.669. The maximum atomic E-state index is 6.40. The summed E-state index contributed by atoms with van der Waals surface area (Å²) in [4.78, 5) is 0. The van der Waals surface area contributed by atoms with Gasteiger partial charge in [0.25, 0.3) is 0 Å². The second-order valence-corrected chi connectivity index (χ2v) is 14.8. The number of rotatable bonds is 6. The molecule has 0 saturated carbocycles. The number of nitrogens with zero attached hydrogens (tertiary/aromatic N) is 1. The van der Waals surface area contributed by atoms with Gasteiger partial charge in [-0.05, 0) is 127 Å². The van der Waals surface area contributed by atoms with Crippen LogP contribution in [0.5, 0.6) is 0 Å². The Labute approximate surface area is 330 Å². The fraction of sp³-hybridized carbons (Fsp3) is 0.0182. The van der Waals surface area contributed by atoms with E-state index in [1.807, 2.05) is 6.08 Å². The summed E-state index contributed by atoms with van der Waals surface area (Å²) in [5, 5.41) is 10.8. The van der Waals surface area contributed by atoms with Gasteiger partial charge in [-0.15, -0.1) is 0 Å². The van der Waals surface area contributed by atoms with Gasteiger partial charge in [-0.25, -0.2) is 0 Å². The van der Waals surface area contributed by atoms with Crippen molar-refractivity contribution in [3.63, 3.8) is 0 Å². The average Bonchev–Trinajstić information content (AvgIpc) is 3.78. The van der Waals surface area contributed by atoms with Crippen LogP contribution in [0.15, 0.2) is 193 Å². The predicted molar refractivity (Wildman–Crippen MR) is 244 cm³/mol. The van der Waals surface area contributed by atoms with E-state index >= 15 is 0 Å². The maximum absolute atomic E-state index is 6.40. The highest BCUT2D eigenvalue weighted by Crippen LogP contribution is 2.45. The van der Waals surface area contributed by atoms with Gasteiger partial charge in [0, 0.05) is 27.4 Å². The minimum absolute atomic E-state index is 0.904. The molecule has 2 heteroatoms. The number of fused-ring (bicyclic) bond motifs is 7. The number of furan rings is 1. The Balaban J connectivity index is 1.05. The summed E-state index contributed by atoms with van der Waals surface area (Å²) in [7, 11) is 0. The van der Waals surface area contributed by atoms with E-state index in [0.717, 1.165) is 44.4 Å². The molecule has 2 heterocycles. The maximum Gasteiger partial charge on any atom is 0.136 e. The van der Waals surface area contributed by atoms with E-state index < -0.39 is 0 Å². The number of hydrogen-bond acceptors (Lipinski definition) is 1. The summed E-state index contributed by atoms with van der Waals surface area (Å²) < 4.78 is 8.73. The summed E-state index contributed by atoms with van der Waals surface area (Å²) in [6.45, 7) is 6.30. The third-order valence-electron chi connectivity index (χ3n) is 11.7. The molecule has 9 aromatic carbocycles. The molecule has 11 aromatic rings. The van der Waals surface area contributed by atoms with Crippen molar-refractivity contribution in [1.29, 1.82) is 0 Å². The number of allylic oxidation sites excluding steroid dienone is 1. The first-order valence-electron chi connectivity index (χ1n) is 19.6. The monoisotopic (exact) mass is 727 g/mol. The Kier molecular flexibility index (Phi) is 7.58. The average molecular weight is 728 g/mol. The molecule has 0 aliphatic rings. The standard InChI is InChI=1S/C55H37NO/c1-3-14-50-42(4-2)47-31-39(27-29-51(47)56(50)41-17-6-5-7-18-41)35-23-25-36(26-24-35)54-43-19-10-12-21-45(43)55(46-22-13-11-20-44(46)54)40-28-30-52-48(33-40)49-32-37-15-8-9-16-38(37)34-53(49)57-52/h3-34H,2H2,1H3/b14-3-. The first-order valence-corrected chi connectivity index (χ1v) is 19.6. The zero-order valence-electron chi connectivity index (χ0n) is 31.5. The van der Waals surface area contributed by atoms with Gasteiger partial charge in [0.1, 0.15) is 11.2 Å². The Morgan fingerprint density at radius 1 is 0.456 bits per heavy atom. The van der Waals surface area contributed by atoms with Gasteiger partial charge in [0.2, 0.25) is 0 Å². The molecule has 0 N–H and O–H groups in total. The number of hydrogen-bond donors (Lipinski definition) is 0. The molecule has 57 heavy (non-hydrogen) atoms. The topological polar surface area (TPSA) is 18.1 Å². The molecule has 0 amide bonds. The summed E-state index contributed by atoms with van der Waals surface area (Å²) in [5.74, 6) is 0. The lowest BCUT2D eigenvalue weighted by Gasteiger charge is -2.18.